The molecule has 0 bridgehead atoms. The topological polar surface area (TPSA) is 80.3 Å². The summed E-state index contributed by atoms with van der Waals surface area (Å²) in [6.07, 6.45) is 1.06. The zero-order chi connectivity index (χ0) is 20.0. The van der Waals surface area contributed by atoms with E-state index in [1.54, 1.807) is 17.0 Å². The van der Waals surface area contributed by atoms with E-state index in [4.69, 9.17) is 14.2 Å². The fourth-order valence-electron chi connectivity index (χ4n) is 3.11. The molecule has 8 heteroatoms. The standard InChI is InChI=1S/C19H29N3O5/c1-21(2)8-6-7-20-19(24)13-9-17(23)22(12-13)14-10-15(25-3)18(27-5)16(11-14)26-4/h10-11,13H,6-9,12H2,1-5H3,(H,20,24). The van der Waals surface area contributed by atoms with Crippen LogP contribution in [0.5, 0.6) is 17.2 Å². The number of ether oxygens (including phenoxy) is 3. The smallest absolute Gasteiger partial charge is 0.227 e. The number of hydrogen-bond acceptors (Lipinski definition) is 6. The van der Waals surface area contributed by atoms with E-state index in [0.29, 0.717) is 36.0 Å². The number of benzene rings is 1. The number of anilines is 1. The fraction of sp³-hybridized carbons (Fsp3) is 0.579. The molecule has 27 heavy (non-hydrogen) atoms. The predicted octanol–water partition coefficient (Wildman–Crippen LogP) is 1.13. The van der Waals surface area contributed by atoms with Gasteiger partial charge >= 0.3 is 0 Å². The van der Waals surface area contributed by atoms with Crippen LogP contribution in [-0.4, -0.2) is 71.8 Å². The Balaban J connectivity index is 2.08. The van der Waals surface area contributed by atoms with Crippen molar-refractivity contribution in [2.24, 2.45) is 5.92 Å². The Bertz CT molecular complexity index is 652. The summed E-state index contributed by atoms with van der Waals surface area (Å²) >= 11 is 0. The fourth-order valence-corrected chi connectivity index (χ4v) is 3.11. The molecule has 1 aromatic carbocycles. The molecule has 2 rings (SSSR count). The third kappa shape index (κ3) is 5.03. The van der Waals surface area contributed by atoms with Gasteiger partial charge in [0.25, 0.3) is 0 Å². The molecule has 1 fully saturated rings. The van der Waals surface area contributed by atoms with Crippen LogP contribution in [0.4, 0.5) is 5.69 Å². The van der Waals surface area contributed by atoms with E-state index in [2.05, 4.69) is 10.2 Å². The summed E-state index contributed by atoms with van der Waals surface area (Å²) in [6.45, 7) is 1.84. The molecule has 0 aromatic heterocycles. The van der Waals surface area contributed by atoms with Crippen LogP contribution in [-0.2, 0) is 9.59 Å². The van der Waals surface area contributed by atoms with Crippen molar-refractivity contribution >= 4 is 17.5 Å². The Hall–Kier alpha value is -2.48. The summed E-state index contributed by atoms with van der Waals surface area (Å²) in [5.41, 5.74) is 0.623. The van der Waals surface area contributed by atoms with Gasteiger partial charge in [-0.2, -0.15) is 0 Å². The van der Waals surface area contributed by atoms with Crippen molar-refractivity contribution in [2.45, 2.75) is 12.8 Å². The number of carbonyl (C=O) groups excluding carboxylic acids is 2. The zero-order valence-electron chi connectivity index (χ0n) is 16.7. The highest BCUT2D eigenvalue weighted by molar-refractivity contribution is 6.00. The minimum atomic E-state index is -0.365. The first-order valence-corrected chi connectivity index (χ1v) is 8.94. The highest BCUT2D eigenvalue weighted by Crippen LogP contribution is 2.42. The number of carbonyl (C=O) groups is 2. The van der Waals surface area contributed by atoms with Crippen LogP contribution in [0, 0.1) is 5.92 Å². The average Bonchev–Trinajstić information content (AvgIpc) is 3.05. The summed E-state index contributed by atoms with van der Waals surface area (Å²) in [5.74, 6) is 0.851. The summed E-state index contributed by atoms with van der Waals surface area (Å²) in [7, 11) is 8.56. The molecular weight excluding hydrogens is 350 g/mol. The van der Waals surface area contributed by atoms with Crippen molar-refractivity contribution < 1.29 is 23.8 Å². The van der Waals surface area contributed by atoms with Gasteiger partial charge in [-0.25, -0.2) is 0 Å². The largest absolute Gasteiger partial charge is 0.493 e. The summed E-state index contributed by atoms with van der Waals surface area (Å²) in [6, 6.07) is 3.44. The van der Waals surface area contributed by atoms with Crippen molar-refractivity contribution in [3.63, 3.8) is 0 Å². The van der Waals surface area contributed by atoms with Crippen LogP contribution in [0.15, 0.2) is 12.1 Å². The lowest BCUT2D eigenvalue weighted by Crippen LogP contribution is -2.34. The Morgan fingerprint density at radius 2 is 1.81 bits per heavy atom. The third-order valence-corrected chi connectivity index (χ3v) is 4.54. The minimum Gasteiger partial charge on any atom is -0.493 e. The monoisotopic (exact) mass is 379 g/mol. The summed E-state index contributed by atoms with van der Waals surface area (Å²) < 4.78 is 16.0. The zero-order valence-corrected chi connectivity index (χ0v) is 16.7. The van der Waals surface area contributed by atoms with Crippen molar-refractivity contribution in [1.82, 2.24) is 10.2 Å². The minimum absolute atomic E-state index is 0.0861. The molecule has 1 aromatic rings. The van der Waals surface area contributed by atoms with Gasteiger partial charge in [-0.15, -0.1) is 0 Å². The molecule has 1 N–H and O–H groups in total. The highest BCUT2D eigenvalue weighted by Gasteiger charge is 2.35. The molecular formula is C19H29N3O5. The maximum Gasteiger partial charge on any atom is 0.227 e. The number of hydrogen-bond donors (Lipinski definition) is 1. The number of methoxy groups -OCH3 is 3. The first-order chi connectivity index (χ1) is 12.9. The Kier molecular flexibility index (Phi) is 7.29. The van der Waals surface area contributed by atoms with Crippen LogP contribution < -0.4 is 24.4 Å². The van der Waals surface area contributed by atoms with Gasteiger partial charge in [0, 0.05) is 31.6 Å². The Labute approximate surface area is 160 Å². The van der Waals surface area contributed by atoms with Gasteiger partial charge in [-0.05, 0) is 27.1 Å². The van der Waals surface area contributed by atoms with Crippen molar-refractivity contribution in [1.29, 1.82) is 0 Å². The normalized spacial score (nSPS) is 16.6. The second-order valence-electron chi connectivity index (χ2n) is 6.74. The second kappa shape index (κ2) is 9.45. The first-order valence-electron chi connectivity index (χ1n) is 8.94. The van der Waals surface area contributed by atoms with Gasteiger partial charge in [-0.1, -0.05) is 0 Å². The number of rotatable bonds is 9. The molecule has 150 valence electrons. The number of amides is 2. The maximum atomic E-state index is 12.5. The maximum absolute atomic E-state index is 12.5. The van der Waals surface area contributed by atoms with Gasteiger partial charge in [0.2, 0.25) is 17.6 Å². The highest BCUT2D eigenvalue weighted by atomic mass is 16.5. The molecule has 0 spiro atoms. The van der Waals surface area contributed by atoms with Crippen LogP contribution in [0.3, 0.4) is 0 Å². The number of nitrogens with one attached hydrogen (secondary N) is 1. The van der Waals surface area contributed by atoms with E-state index in [1.165, 1.54) is 21.3 Å². The van der Waals surface area contributed by atoms with Crippen molar-refractivity contribution in [3.05, 3.63) is 12.1 Å². The van der Waals surface area contributed by atoms with E-state index in [-0.39, 0.29) is 24.2 Å². The summed E-state index contributed by atoms with van der Waals surface area (Å²) in [5, 5.41) is 2.92. The van der Waals surface area contributed by atoms with Crippen LogP contribution in [0.2, 0.25) is 0 Å². The van der Waals surface area contributed by atoms with E-state index in [9.17, 15) is 9.59 Å². The molecule has 1 aliphatic rings. The predicted molar refractivity (Wildman–Crippen MR) is 103 cm³/mol. The molecule has 1 heterocycles. The molecule has 8 nitrogen and oxygen atoms in total. The third-order valence-electron chi connectivity index (χ3n) is 4.54. The van der Waals surface area contributed by atoms with Gasteiger partial charge in [-0.3, -0.25) is 9.59 Å². The molecule has 0 saturated carbocycles. The van der Waals surface area contributed by atoms with E-state index >= 15 is 0 Å². The van der Waals surface area contributed by atoms with Crippen LogP contribution >= 0.6 is 0 Å². The van der Waals surface area contributed by atoms with Crippen molar-refractivity contribution in [2.75, 3.05) is 60.0 Å². The second-order valence-corrected chi connectivity index (χ2v) is 6.74. The van der Waals surface area contributed by atoms with Gasteiger partial charge in [0.1, 0.15) is 0 Å². The van der Waals surface area contributed by atoms with Gasteiger partial charge in [0.15, 0.2) is 11.5 Å². The van der Waals surface area contributed by atoms with E-state index < -0.39 is 0 Å². The Morgan fingerprint density at radius 1 is 1.19 bits per heavy atom. The molecule has 1 atom stereocenters. The van der Waals surface area contributed by atoms with E-state index in [1.807, 2.05) is 14.1 Å². The van der Waals surface area contributed by atoms with Gasteiger partial charge in [0.05, 0.1) is 32.9 Å². The Morgan fingerprint density at radius 3 is 2.33 bits per heavy atom. The lowest BCUT2D eigenvalue weighted by molar-refractivity contribution is -0.126. The van der Waals surface area contributed by atoms with Crippen LogP contribution in [0.25, 0.3) is 0 Å². The molecule has 1 saturated heterocycles. The molecule has 1 aliphatic heterocycles. The van der Waals surface area contributed by atoms with Crippen molar-refractivity contribution in [3.8, 4) is 17.2 Å². The lowest BCUT2D eigenvalue weighted by atomic mass is 10.1. The quantitative estimate of drug-likeness (QED) is 0.648. The molecule has 0 aliphatic carbocycles. The van der Waals surface area contributed by atoms with Crippen LogP contribution in [0.1, 0.15) is 12.8 Å². The lowest BCUT2D eigenvalue weighted by Gasteiger charge is -2.20. The first kappa shape index (κ1) is 20.8. The SMILES string of the molecule is COc1cc(N2CC(C(=O)NCCCN(C)C)CC2=O)cc(OC)c1OC. The van der Waals surface area contributed by atoms with E-state index in [0.717, 1.165) is 13.0 Å². The van der Waals surface area contributed by atoms with Gasteiger partial charge < -0.3 is 29.3 Å². The molecule has 1 unspecified atom stereocenters. The molecule has 2 amide bonds. The number of nitrogens with zero attached hydrogens (tertiary/aromatic N) is 2. The summed E-state index contributed by atoms with van der Waals surface area (Å²) in [4.78, 5) is 28.5. The molecule has 0 radical (unpaired) electrons. The average molecular weight is 379 g/mol.